The van der Waals surface area contributed by atoms with Gasteiger partial charge in [0.25, 0.3) is 0 Å². The molecule has 16 atom stereocenters. The molecule has 0 aromatic rings. The topological polar surface area (TPSA) is 60.7 Å². The molecule has 0 spiro atoms. The molecule has 0 aromatic carbocycles. The first-order chi connectivity index (χ1) is 17.8. The first-order valence-electron chi connectivity index (χ1n) is 16.9. The molecule has 3 saturated carbocycles. The number of aliphatic hydroxyl groups is 3. The smallest absolute Gasteiger partial charge is 0.0594 e. The molecule has 3 aliphatic carbocycles. The van der Waals surface area contributed by atoms with Crippen LogP contribution in [0.25, 0.3) is 0 Å². The van der Waals surface area contributed by atoms with Gasteiger partial charge in [-0.1, -0.05) is 68.7 Å². The molecule has 3 nitrogen and oxygen atoms in total. The van der Waals surface area contributed by atoms with Crippen molar-refractivity contribution in [1.82, 2.24) is 0 Å². The summed E-state index contributed by atoms with van der Waals surface area (Å²) < 4.78 is 0. The number of rotatable bonds is 10. The molecule has 38 heavy (non-hydrogen) atoms. The largest absolute Gasteiger partial charge is 0.393 e. The fourth-order valence-corrected chi connectivity index (χ4v) is 9.20. The normalized spacial score (nSPS) is 45.8. The third kappa shape index (κ3) is 8.00. The van der Waals surface area contributed by atoms with Crippen molar-refractivity contribution in [2.45, 2.75) is 145 Å². The Balaban J connectivity index is 1.63. The van der Waals surface area contributed by atoms with Crippen molar-refractivity contribution in [3.05, 3.63) is 0 Å². The molecule has 0 amide bonds. The van der Waals surface area contributed by atoms with Crippen LogP contribution < -0.4 is 0 Å². The summed E-state index contributed by atoms with van der Waals surface area (Å²) in [4.78, 5) is 0. The Hall–Kier alpha value is -0.120. The van der Waals surface area contributed by atoms with Crippen molar-refractivity contribution in [1.29, 1.82) is 0 Å². The highest BCUT2D eigenvalue weighted by atomic mass is 16.3. The highest BCUT2D eigenvalue weighted by molar-refractivity contribution is 4.92. The van der Waals surface area contributed by atoms with Gasteiger partial charge in [-0.05, 0) is 135 Å². The van der Waals surface area contributed by atoms with Gasteiger partial charge in [-0.3, -0.25) is 0 Å². The maximum absolute atomic E-state index is 11.2. The molecule has 3 N–H and O–H groups in total. The summed E-state index contributed by atoms with van der Waals surface area (Å²) in [6, 6.07) is 0. The lowest BCUT2D eigenvalue weighted by atomic mass is 9.62. The second-order valence-corrected chi connectivity index (χ2v) is 15.7. The van der Waals surface area contributed by atoms with Gasteiger partial charge in [0, 0.05) is 0 Å². The van der Waals surface area contributed by atoms with E-state index in [1.54, 1.807) is 0 Å². The first kappa shape index (κ1) is 32.4. The minimum Gasteiger partial charge on any atom is -0.393 e. The quantitative estimate of drug-likeness (QED) is 0.265. The lowest BCUT2D eigenvalue weighted by Gasteiger charge is -2.45. The molecule has 0 heterocycles. The Morgan fingerprint density at radius 2 is 1.16 bits per heavy atom. The molecule has 0 saturated heterocycles. The molecule has 3 fully saturated rings. The van der Waals surface area contributed by atoms with Crippen LogP contribution in [0.1, 0.15) is 127 Å². The summed E-state index contributed by atoms with van der Waals surface area (Å²) in [5.41, 5.74) is 0. The molecular weight excluding hydrogens is 468 g/mol. The minimum absolute atomic E-state index is 0.108. The van der Waals surface area contributed by atoms with Crippen molar-refractivity contribution < 1.29 is 15.3 Å². The Labute approximate surface area is 237 Å². The van der Waals surface area contributed by atoms with Gasteiger partial charge in [0.05, 0.1) is 18.3 Å². The highest BCUT2D eigenvalue weighted by Gasteiger charge is 2.41. The van der Waals surface area contributed by atoms with E-state index in [-0.39, 0.29) is 18.3 Å². The summed E-state index contributed by atoms with van der Waals surface area (Å²) in [5, 5.41) is 32.0. The predicted molar refractivity (Wildman–Crippen MR) is 161 cm³/mol. The van der Waals surface area contributed by atoms with Crippen molar-refractivity contribution in [2.75, 3.05) is 0 Å². The van der Waals surface area contributed by atoms with Gasteiger partial charge in [-0.2, -0.15) is 0 Å². The van der Waals surface area contributed by atoms with E-state index in [1.807, 2.05) is 0 Å². The second-order valence-electron chi connectivity index (χ2n) is 15.7. The van der Waals surface area contributed by atoms with E-state index in [9.17, 15) is 15.3 Å². The first-order valence-corrected chi connectivity index (χ1v) is 16.9. The van der Waals surface area contributed by atoms with Gasteiger partial charge in [-0.15, -0.1) is 0 Å². The molecule has 0 aliphatic heterocycles. The minimum atomic E-state index is -0.166. The van der Waals surface area contributed by atoms with E-state index in [0.29, 0.717) is 59.2 Å². The van der Waals surface area contributed by atoms with Gasteiger partial charge < -0.3 is 15.3 Å². The number of aliphatic hydroxyl groups excluding tert-OH is 3. The van der Waals surface area contributed by atoms with Gasteiger partial charge in [-0.25, -0.2) is 0 Å². The van der Waals surface area contributed by atoms with Gasteiger partial charge in [0.2, 0.25) is 0 Å². The average Bonchev–Trinajstić information content (AvgIpc) is 2.86. The summed E-state index contributed by atoms with van der Waals surface area (Å²) in [5.74, 6) is 7.83. The van der Waals surface area contributed by atoms with Crippen LogP contribution in [0.15, 0.2) is 0 Å². The second kappa shape index (κ2) is 14.2. The van der Waals surface area contributed by atoms with E-state index < -0.39 is 0 Å². The fourth-order valence-electron chi connectivity index (χ4n) is 9.20. The molecule has 0 radical (unpaired) electrons. The van der Waals surface area contributed by atoms with Gasteiger partial charge in [0.15, 0.2) is 0 Å². The number of hydrogen-bond acceptors (Lipinski definition) is 3. The fraction of sp³-hybridized carbons (Fsp3) is 1.00. The van der Waals surface area contributed by atoms with Crippen LogP contribution in [0, 0.1) is 76.9 Å². The molecule has 0 bridgehead atoms. The zero-order valence-corrected chi connectivity index (χ0v) is 26.7. The van der Waals surface area contributed by atoms with Crippen LogP contribution in [-0.2, 0) is 0 Å². The van der Waals surface area contributed by atoms with Crippen LogP contribution in [0.5, 0.6) is 0 Å². The van der Waals surface area contributed by atoms with Crippen molar-refractivity contribution in [3.63, 3.8) is 0 Å². The Bertz CT molecular complexity index is 695. The van der Waals surface area contributed by atoms with E-state index in [0.717, 1.165) is 43.4 Å². The third-order valence-corrected chi connectivity index (χ3v) is 12.8. The summed E-state index contributed by atoms with van der Waals surface area (Å²) >= 11 is 0. The van der Waals surface area contributed by atoms with Crippen LogP contribution in [0.4, 0.5) is 0 Å². The van der Waals surface area contributed by atoms with Crippen LogP contribution in [-0.4, -0.2) is 33.6 Å². The van der Waals surface area contributed by atoms with Crippen molar-refractivity contribution in [3.8, 4) is 0 Å². The van der Waals surface area contributed by atoms with E-state index in [1.165, 1.54) is 38.5 Å². The van der Waals surface area contributed by atoms with E-state index >= 15 is 0 Å². The monoisotopic (exact) mass is 535 g/mol. The summed E-state index contributed by atoms with van der Waals surface area (Å²) in [6.45, 7) is 21.3. The summed E-state index contributed by atoms with van der Waals surface area (Å²) in [6.07, 6.45) is 11.2. The number of hydrogen-bond donors (Lipinski definition) is 3. The maximum Gasteiger partial charge on any atom is 0.0594 e. The Morgan fingerprint density at radius 1 is 0.605 bits per heavy atom. The predicted octanol–water partition coefficient (Wildman–Crippen LogP) is 8.20. The summed E-state index contributed by atoms with van der Waals surface area (Å²) in [7, 11) is 0. The maximum atomic E-state index is 11.2. The molecular formula is C35H66O3. The lowest BCUT2D eigenvalue weighted by Crippen LogP contribution is -2.42. The molecule has 0 aromatic heterocycles. The molecule has 3 rings (SSSR count). The van der Waals surface area contributed by atoms with Crippen molar-refractivity contribution >= 4 is 0 Å². The van der Waals surface area contributed by atoms with E-state index in [4.69, 9.17) is 0 Å². The van der Waals surface area contributed by atoms with Gasteiger partial charge >= 0.3 is 0 Å². The lowest BCUT2D eigenvalue weighted by molar-refractivity contribution is -0.0405. The molecule has 224 valence electrons. The third-order valence-electron chi connectivity index (χ3n) is 12.8. The van der Waals surface area contributed by atoms with Crippen LogP contribution >= 0.6 is 0 Å². The van der Waals surface area contributed by atoms with E-state index in [2.05, 4.69) is 62.3 Å². The Morgan fingerprint density at radius 3 is 1.74 bits per heavy atom. The standard InChI is InChI=1S/C35H66O3/c1-10-20(2)28(17-29-12-24(6)33(36)15-22(29)4)11-21(3)27(9)31-14-26(8)35(38)32(19-31)18-30-13-25(7)34(37)16-23(30)5/h20-38H,10-19H2,1-9H3. The van der Waals surface area contributed by atoms with Crippen molar-refractivity contribution in [2.24, 2.45) is 76.9 Å². The zero-order chi connectivity index (χ0) is 28.3. The van der Waals surface area contributed by atoms with Crippen LogP contribution in [0.3, 0.4) is 0 Å². The van der Waals surface area contributed by atoms with Crippen LogP contribution in [0.2, 0.25) is 0 Å². The molecule has 3 heteroatoms. The molecule has 3 aliphatic rings. The van der Waals surface area contributed by atoms with Gasteiger partial charge in [0.1, 0.15) is 0 Å². The Kier molecular flexibility index (Phi) is 12.1. The zero-order valence-electron chi connectivity index (χ0n) is 26.7. The average molecular weight is 535 g/mol. The highest BCUT2D eigenvalue weighted by Crippen LogP contribution is 2.47. The SMILES string of the molecule is CCC(C)C(CC(C)C(C)C1CC(C)C(O)C(CC2CC(C)C(O)CC2C)C1)CC1CC(C)C(O)CC1C. The molecule has 16 unspecified atom stereocenters.